The van der Waals surface area contributed by atoms with Crippen molar-refractivity contribution in [3.63, 3.8) is 0 Å². The molecule has 0 bridgehead atoms. The van der Waals surface area contributed by atoms with Gasteiger partial charge in [0.05, 0.1) is 12.8 Å². The van der Waals surface area contributed by atoms with Gasteiger partial charge >= 0.3 is 0 Å². The van der Waals surface area contributed by atoms with Crippen molar-refractivity contribution in [2.75, 3.05) is 12.8 Å². The fourth-order valence-corrected chi connectivity index (χ4v) is 3.33. The second kappa shape index (κ2) is 4.61. The Kier molecular flexibility index (Phi) is 2.96. The van der Waals surface area contributed by atoms with E-state index in [1.165, 1.54) is 22.5 Å². The quantitative estimate of drug-likeness (QED) is 0.903. The van der Waals surface area contributed by atoms with Crippen LogP contribution in [-0.4, -0.2) is 12.1 Å². The van der Waals surface area contributed by atoms with Gasteiger partial charge in [-0.1, -0.05) is 12.1 Å². The normalized spacial score (nSPS) is 18.4. The zero-order chi connectivity index (χ0) is 12.5. The number of anilines is 1. The second-order valence-corrected chi connectivity index (χ2v) is 5.54. The van der Waals surface area contributed by atoms with E-state index in [-0.39, 0.29) is 0 Å². The molecule has 94 valence electrons. The van der Waals surface area contributed by atoms with Gasteiger partial charge in [0.15, 0.2) is 5.13 Å². The molecule has 2 N–H and O–H groups in total. The van der Waals surface area contributed by atoms with Gasteiger partial charge in [-0.3, -0.25) is 0 Å². The molecule has 3 nitrogen and oxygen atoms in total. The minimum absolute atomic E-state index is 0.474. The molecule has 0 amide bonds. The summed E-state index contributed by atoms with van der Waals surface area (Å²) in [5.41, 5.74) is 9.60. The average molecular weight is 260 g/mol. The predicted molar refractivity (Wildman–Crippen MR) is 74.3 cm³/mol. The van der Waals surface area contributed by atoms with E-state index in [9.17, 15) is 0 Å². The molecule has 1 atom stereocenters. The van der Waals surface area contributed by atoms with Gasteiger partial charge in [0.25, 0.3) is 0 Å². The van der Waals surface area contributed by atoms with Crippen LogP contribution in [0, 0.1) is 0 Å². The predicted octanol–water partition coefficient (Wildman–Crippen LogP) is 3.01. The first kappa shape index (κ1) is 11.5. The number of hydrogen-bond acceptors (Lipinski definition) is 4. The summed E-state index contributed by atoms with van der Waals surface area (Å²) in [4.78, 5) is 4.42. The largest absolute Gasteiger partial charge is 0.496 e. The highest BCUT2D eigenvalue weighted by atomic mass is 32.1. The third kappa shape index (κ3) is 1.97. The summed E-state index contributed by atoms with van der Waals surface area (Å²) in [6, 6.07) is 6.30. The molecule has 1 aromatic carbocycles. The SMILES string of the molecule is COc1cccc2c1CC(c1csc(N)n1)CC2. The molecule has 1 unspecified atom stereocenters. The van der Waals surface area contributed by atoms with Gasteiger partial charge in [-0.05, 0) is 36.5 Å². The maximum atomic E-state index is 5.72. The maximum Gasteiger partial charge on any atom is 0.180 e. The number of rotatable bonds is 2. The zero-order valence-electron chi connectivity index (χ0n) is 10.3. The van der Waals surface area contributed by atoms with Crippen LogP contribution in [0.3, 0.4) is 0 Å². The fourth-order valence-electron chi connectivity index (χ4n) is 2.69. The van der Waals surface area contributed by atoms with Gasteiger partial charge in [0, 0.05) is 11.3 Å². The molecule has 1 aliphatic rings. The molecule has 0 spiro atoms. The summed E-state index contributed by atoms with van der Waals surface area (Å²) in [6.45, 7) is 0. The van der Waals surface area contributed by atoms with E-state index in [2.05, 4.69) is 22.5 Å². The van der Waals surface area contributed by atoms with E-state index in [1.54, 1.807) is 7.11 Å². The third-order valence-electron chi connectivity index (χ3n) is 3.62. The van der Waals surface area contributed by atoms with Crippen molar-refractivity contribution in [3.05, 3.63) is 40.4 Å². The van der Waals surface area contributed by atoms with Crippen molar-refractivity contribution in [3.8, 4) is 5.75 Å². The number of benzene rings is 1. The minimum atomic E-state index is 0.474. The lowest BCUT2D eigenvalue weighted by molar-refractivity contribution is 0.403. The maximum absolute atomic E-state index is 5.72. The molecule has 1 aromatic heterocycles. The Hall–Kier alpha value is -1.55. The Balaban J connectivity index is 1.92. The van der Waals surface area contributed by atoms with Gasteiger partial charge in [-0.25, -0.2) is 4.98 Å². The molecular weight excluding hydrogens is 244 g/mol. The van der Waals surface area contributed by atoms with Crippen molar-refractivity contribution in [2.24, 2.45) is 0 Å². The van der Waals surface area contributed by atoms with E-state index in [0.717, 1.165) is 30.7 Å². The number of nitrogen functional groups attached to an aromatic ring is 1. The van der Waals surface area contributed by atoms with Crippen LogP contribution in [0.4, 0.5) is 5.13 Å². The van der Waals surface area contributed by atoms with Crippen LogP contribution in [0.2, 0.25) is 0 Å². The van der Waals surface area contributed by atoms with Crippen molar-refractivity contribution in [2.45, 2.75) is 25.2 Å². The topological polar surface area (TPSA) is 48.1 Å². The number of aromatic nitrogens is 1. The minimum Gasteiger partial charge on any atom is -0.496 e. The molecule has 0 radical (unpaired) electrons. The Morgan fingerprint density at radius 3 is 3.06 bits per heavy atom. The van der Waals surface area contributed by atoms with Gasteiger partial charge in [-0.15, -0.1) is 11.3 Å². The molecule has 2 aromatic rings. The molecule has 1 heterocycles. The van der Waals surface area contributed by atoms with Crippen LogP contribution in [0.5, 0.6) is 5.75 Å². The molecule has 0 aliphatic heterocycles. The highest BCUT2D eigenvalue weighted by Gasteiger charge is 2.24. The number of thiazole rings is 1. The van der Waals surface area contributed by atoms with E-state index in [1.807, 2.05) is 6.07 Å². The first-order valence-electron chi connectivity index (χ1n) is 6.13. The van der Waals surface area contributed by atoms with Crippen LogP contribution in [-0.2, 0) is 12.8 Å². The number of fused-ring (bicyclic) bond motifs is 1. The third-order valence-corrected chi connectivity index (χ3v) is 4.31. The Labute approximate surface area is 111 Å². The highest BCUT2D eigenvalue weighted by Crippen LogP contribution is 2.37. The number of nitrogens with two attached hydrogens (primary N) is 1. The van der Waals surface area contributed by atoms with Crippen molar-refractivity contribution < 1.29 is 4.74 Å². The van der Waals surface area contributed by atoms with E-state index in [0.29, 0.717) is 11.0 Å². The van der Waals surface area contributed by atoms with Crippen LogP contribution in [0.25, 0.3) is 0 Å². The number of hydrogen-bond donors (Lipinski definition) is 1. The molecule has 0 saturated carbocycles. The van der Waals surface area contributed by atoms with Gasteiger partial charge in [-0.2, -0.15) is 0 Å². The molecule has 0 fully saturated rings. The summed E-state index contributed by atoms with van der Waals surface area (Å²) in [7, 11) is 1.74. The zero-order valence-corrected chi connectivity index (χ0v) is 11.2. The average Bonchev–Trinajstić information content (AvgIpc) is 2.84. The molecule has 18 heavy (non-hydrogen) atoms. The number of aryl methyl sites for hydroxylation is 1. The fraction of sp³-hybridized carbons (Fsp3) is 0.357. The standard InChI is InChI=1S/C14H16N2OS/c1-17-13-4-2-3-9-5-6-10(7-11(9)13)12-8-18-14(15)16-12/h2-4,8,10H,5-7H2,1H3,(H2,15,16). The lowest BCUT2D eigenvalue weighted by Gasteiger charge is -2.24. The summed E-state index contributed by atoms with van der Waals surface area (Å²) in [6.07, 6.45) is 3.24. The number of ether oxygens (including phenoxy) is 1. The monoisotopic (exact) mass is 260 g/mol. The Bertz CT molecular complexity index is 550. The smallest absolute Gasteiger partial charge is 0.180 e. The van der Waals surface area contributed by atoms with Crippen molar-refractivity contribution in [1.82, 2.24) is 4.98 Å². The van der Waals surface area contributed by atoms with Crippen LogP contribution in [0.15, 0.2) is 23.6 Å². The van der Waals surface area contributed by atoms with E-state index >= 15 is 0 Å². The Morgan fingerprint density at radius 1 is 1.44 bits per heavy atom. The summed E-state index contributed by atoms with van der Waals surface area (Å²) < 4.78 is 5.46. The van der Waals surface area contributed by atoms with Crippen LogP contribution >= 0.6 is 11.3 Å². The first-order valence-corrected chi connectivity index (χ1v) is 7.01. The Morgan fingerprint density at radius 2 is 2.33 bits per heavy atom. The van der Waals surface area contributed by atoms with Gasteiger partial charge in [0.2, 0.25) is 0 Å². The first-order chi connectivity index (χ1) is 8.78. The molecule has 1 aliphatic carbocycles. The van der Waals surface area contributed by atoms with Crippen LogP contribution in [0.1, 0.15) is 29.2 Å². The summed E-state index contributed by atoms with van der Waals surface area (Å²) in [5, 5.41) is 2.75. The number of methoxy groups -OCH3 is 1. The van der Waals surface area contributed by atoms with Crippen molar-refractivity contribution in [1.29, 1.82) is 0 Å². The molecular formula is C14H16N2OS. The lowest BCUT2D eigenvalue weighted by atomic mass is 9.82. The summed E-state index contributed by atoms with van der Waals surface area (Å²) >= 11 is 1.52. The van der Waals surface area contributed by atoms with Crippen molar-refractivity contribution >= 4 is 16.5 Å². The van der Waals surface area contributed by atoms with E-state index in [4.69, 9.17) is 10.5 Å². The lowest BCUT2D eigenvalue weighted by Crippen LogP contribution is -2.14. The molecule has 3 rings (SSSR count). The summed E-state index contributed by atoms with van der Waals surface area (Å²) in [5.74, 6) is 1.47. The molecule has 4 heteroatoms. The van der Waals surface area contributed by atoms with E-state index < -0.39 is 0 Å². The second-order valence-electron chi connectivity index (χ2n) is 4.65. The van der Waals surface area contributed by atoms with Gasteiger partial charge < -0.3 is 10.5 Å². The molecule has 0 saturated heterocycles. The highest BCUT2D eigenvalue weighted by molar-refractivity contribution is 7.13. The van der Waals surface area contributed by atoms with Crippen LogP contribution < -0.4 is 10.5 Å². The number of nitrogens with zero attached hydrogens (tertiary/aromatic N) is 1. The van der Waals surface area contributed by atoms with Gasteiger partial charge in [0.1, 0.15) is 5.75 Å².